The standard InChI is InChI=1S/C14H16BrN3O2/c1-18-10(14(15)17-13(18)7-16)4-2-9-3-5-11-12(6-9)20-8-19-11/h3,5-6H,2,4,7-8,16H2,1H3. The fraction of sp³-hybridized carbons (Fsp3) is 0.357. The molecular formula is C14H16BrN3O2. The van der Waals surface area contributed by atoms with Crippen molar-refractivity contribution in [2.24, 2.45) is 12.8 Å². The number of aromatic nitrogens is 2. The first-order valence-corrected chi connectivity index (χ1v) is 7.27. The van der Waals surface area contributed by atoms with E-state index >= 15 is 0 Å². The van der Waals surface area contributed by atoms with Gasteiger partial charge in [0.15, 0.2) is 11.5 Å². The molecule has 0 spiro atoms. The monoisotopic (exact) mass is 337 g/mol. The molecule has 0 unspecified atom stereocenters. The Hall–Kier alpha value is -1.53. The number of aryl methyl sites for hydroxylation is 1. The van der Waals surface area contributed by atoms with Crippen LogP contribution in [0, 0.1) is 0 Å². The summed E-state index contributed by atoms with van der Waals surface area (Å²) in [6.45, 7) is 0.755. The van der Waals surface area contributed by atoms with Crippen LogP contribution < -0.4 is 15.2 Å². The minimum atomic E-state index is 0.311. The number of hydrogen-bond acceptors (Lipinski definition) is 4. The van der Waals surface area contributed by atoms with Crippen LogP contribution in [0.3, 0.4) is 0 Å². The van der Waals surface area contributed by atoms with E-state index in [9.17, 15) is 0 Å². The first-order valence-electron chi connectivity index (χ1n) is 6.47. The van der Waals surface area contributed by atoms with Crippen LogP contribution in [0.25, 0.3) is 0 Å². The molecule has 1 aliphatic heterocycles. The molecule has 0 saturated heterocycles. The van der Waals surface area contributed by atoms with Crippen LogP contribution in [0.15, 0.2) is 22.8 Å². The minimum Gasteiger partial charge on any atom is -0.454 e. The molecule has 3 rings (SSSR count). The lowest BCUT2D eigenvalue weighted by Gasteiger charge is -2.06. The van der Waals surface area contributed by atoms with Crippen LogP contribution in [0.5, 0.6) is 11.5 Å². The average Bonchev–Trinajstić information content (AvgIpc) is 3.01. The average molecular weight is 338 g/mol. The van der Waals surface area contributed by atoms with Gasteiger partial charge < -0.3 is 19.8 Å². The minimum absolute atomic E-state index is 0.311. The smallest absolute Gasteiger partial charge is 0.231 e. The molecule has 2 N–H and O–H groups in total. The van der Waals surface area contributed by atoms with Crippen molar-refractivity contribution < 1.29 is 9.47 Å². The van der Waals surface area contributed by atoms with Crippen molar-refractivity contribution in [2.45, 2.75) is 19.4 Å². The molecule has 1 aromatic heterocycles. The van der Waals surface area contributed by atoms with Gasteiger partial charge in [0.25, 0.3) is 0 Å². The van der Waals surface area contributed by atoms with Crippen molar-refractivity contribution >= 4 is 15.9 Å². The van der Waals surface area contributed by atoms with E-state index in [2.05, 4.69) is 31.5 Å². The second kappa shape index (κ2) is 5.46. The molecule has 0 amide bonds. The number of fused-ring (bicyclic) bond motifs is 1. The van der Waals surface area contributed by atoms with Gasteiger partial charge in [-0.3, -0.25) is 0 Å². The maximum absolute atomic E-state index is 5.67. The molecule has 20 heavy (non-hydrogen) atoms. The Morgan fingerprint density at radius 2 is 2.10 bits per heavy atom. The zero-order valence-corrected chi connectivity index (χ0v) is 12.8. The summed E-state index contributed by atoms with van der Waals surface area (Å²) >= 11 is 3.50. The van der Waals surface area contributed by atoms with Crippen LogP contribution in [0.4, 0.5) is 0 Å². The number of imidazole rings is 1. The molecule has 0 bridgehead atoms. The third-order valence-corrected chi connectivity index (χ3v) is 4.16. The van der Waals surface area contributed by atoms with Gasteiger partial charge in [-0.15, -0.1) is 0 Å². The van der Waals surface area contributed by atoms with Crippen LogP contribution in [0.1, 0.15) is 17.1 Å². The SMILES string of the molecule is Cn1c(CN)nc(Br)c1CCc1ccc2c(c1)OCO2. The maximum atomic E-state index is 5.67. The van der Waals surface area contributed by atoms with Crippen molar-refractivity contribution in [2.75, 3.05) is 6.79 Å². The van der Waals surface area contributed by atoms with Gasteiger partial charge in [0.1, 0.15) is 10.4 Å². The third kappa shape index (κ3) is 2.41. The first-order chi connectivity index (χ1) is 9.69. The highest BCUT2D eigenvalue weighted by Crippen LogP contribution is 2.33. The zero-order valence-electron chi connectivity index (χ0n) is 11.2. The Labute approximate surface area is 125 Å². The topological polar surface area (TPSA) is 62.3 Å². The molecule has 0 radical (unpaired) electrons. The van der Waals surface area contributed by atoms with E-state index in [0.29, 0.717) is 13.3 Å². The molecule has 1 aliphatic rings. The van der Waals surface area contributed by atoms with E-state index in [1.165, 1.54) is 5.56 Å². The molecule has 0 aliphatic carbocycles. The fourth-order valence-electron chi connectivity index (χ4n) is 2.36. The summed E-state index contributed by atoms with van der Waals surface area (Å²) in [7, 11) is 1.99. The van der Waals surface area contributed by atoms with Gasteiger partial charge in [0.2, 0.25) is 6.79 Å². The molecule has 0 saturated carbocycles. The predicted octanol–water partition coefficient (Wildman–Crippen LogP) is 2.16. The molecule has 0 fully saturated rings. The number of nitrogens with zero attached hydrogens (tertiary/aromatic N) is 2. The number of benzene rings is 1. The highest BCUT2D eigenvalue weighted by molar-refractivity contribution is 9.10. The number of nitrogens with two attached hydrogens (primary N) is 1. The summed E-state index contributed by atoms with van der Waals surface area (Å²) in [5, 5.41) is 0. The van der Waals surface area contributed by atoms with E-state index in [4.69, 9.17) is 15.2 Å². The summed E-state index contributed by atoms with van der Waals surface area (Å²) in [6.07, 6.45) is 1.81. The Balaban J connectivity index is 1.75. The van der Waals surface area contributed by atoms with Gasteiger partial charge in [0.05, 0.1) is 12.2 Å². The second-order valence-corrected chi connectivity index (χ2v) is 5.47. The molecule has 5 nitrogen and oxygen atoms in total. The lowest BCUT2D eigenvalue weighted by atomic mass is 10.1. The van der Waals surface area contributed by atoms with E-state index in [-0.39, 0.29) is 0 Å². The van der Waals surface area contributed by atoms with Crippen molar-refractivity contribution in [3.05, 3.63) is 39.9 Å². The van der Waals surface area contributed by atoms with Crippen molar-refractivity contribution in [3.8, 4) is 11.5 Å². The van der Waals surface area contributed by atoms with Gasteiger partial charge in [-0.25, -0.2) is 4.98 Å². The molecule has 2 aromatic rings. The third-order valence-electron chi connectivity index (χ3n) is 3.53. The molecule has 1 aromatic carbocycles. The first kappa shape index (κ1) is 13.5. The van der Waals surface area contributed by atoms with Crippen molar-refractivity contribution in [1.29, 1.82) is 0 Å². The molecule has 106 valence electrons. The largest absolute Gasteiger partial charge is 0.454 e. The lowest BCUT2D eigenvalue weighted by molar-refractivity contribution is 0.174. The van der Waals surface area contributed by atoms with Gasteiger partial charge in [-0.05, 0) is 46.5 Å². The summed E-state index contributed by atoms with van der Waals surface area (Å²) in [6, 6.07) is 6.07. The number of hydrogen-bond donors (Lipinski definition) is 1. The van der Waals surface area contributed by atoms with Crippen LogP contribution >= 0.6 is 15.9 Å². The molecular weight excluding hydrogens is 322 g/mol. The quantitative estimate of drug-likeness (QED) is 0.928. The highest BCUT2D eigenvalue weighted by atomic mass is 79.9. The normalized spacial score (nSPS) is 12.9. The molecule has 0 atom stereocenters. The van der Waals surface area contributed by atoms with Crippen molar-refractivity contribution in [1.82, 2.24) is 9.55 Å². The van der Waals surface area contributed by atoms with Gasteiger partial charge in [-0.1, -0.05) is 6.07 Å². The van der Waals surface area contributed by atoms with Crippen LogP contribution in [-0.2, 0) is 26.4 Å². The molecule has 6 heteroatoms. The van der Waals surface area contributed by atoms with Gasteiger partial charge in [0, 0.05) is 7.05 Å². The van der Waals surface area contributed by atoms with E-state index in [1.807, 2.05) is 19.2 Å². The summed E-state index contributed by atoms with van der Waals surface area (Å²) in [4.78, 5) is 4.41. The zero-order chi connectivity index (χ0) is 14.1. The van der Waals surface area contributed by atoms with E-state index < -0.39 is 0 Å². The number of rotatable bonds is 4. The summed E-state index contributed by atoms with van der Waals surface area (Å²) in [5.74, 6) is 2.53. The Bertz CT molecular complexity index is 640. The highest BCUT2D eigenvalue weighted by Gasteiger charge is 2.15. The summed E-state index contributed by atoms with van der Waals surface area (Å²) < 4.78 is 13.6. The van der Waals surface area contributed by atoms with Gasteiger partial charge in [-0.2, -0.15) is 0 Å². The van der Waals surface area contributed by atoms with Crippen molar-refractivity contribution in [3.63, 3.8) is 0 Å². The summed E-state index contributed by atoms with van der Waals surface area (Å²) in [5.41, 5.74) is 8.04. The van der Waals surface area contributed by atoms with Crippen LogP contribution in [0.2, 0.25) is 0 Å². The Morgan fingerprint density at radius 3 is 2.85 bits per heavy atom. The predicted molar refractivity (Wildman–Crippen MR) is 78.8 cm³/mol. The van der Waals surface area contributed by atoms with Crippen LogP contribution in [-0.4, -0.2) is 16.3 Å². The molecule has 2 heterocycles. The second-order valence-electron chi connectivity index (χ2n) is 4.72. The fourth-order valence-corrected chi connectivity index (χ4v) is 3.03. The van der Waals surface area contributed by atoms with Gasteiger partial charge >= 0.3 is 0 Å². The maximum Gasteiger partial charge on any atom is 0.231 e. The Morgan fingerprint density at radius 1 is 1.30 bits per heavy atom. The van der Waals surface area contributed by atoms with E-state index in [1.54, 1.807) is 0 Å². The van der Waals surface area contributed by atoms with E-state index in [0.717, 1.165) is 40.5 Å². The number of halogens is 1. The lowest BCUT2D eigenvalue weighted by Crippen LogP contribution is -2.07. The Kier molecular flexibility index (Phi) is 3.67. The number of ether oxygens (including phenoxy) is 2.